The van der Waals surface area contributed by atoms with Crippen LogP contribution in [-0.4, -0.2) is 43.3 Å². The van der Waals surface area contributed by atoms with Crippen LogP contribution in [0.15, 0.2) is 22.7 Å². The quantitative estimate of drug-likeness (QED) is 0.840. The van der Waals surface area contributed by atoms with E-state index >= 15 is 0 Å². The lowest BCUT2D eigenvalue weighted by Gasteiger charge is -2.16. The standard InChI is InChI=1S/C13H21BrN2O/c1-10-6-12(14)5-4-11(10)7-15-8-13(17)9-16(2)3/h4-6,13,15,17H,7-9H2,1-3H3. The van der Waals surface area contributed by atoms with Gasteiger partial charge in [-0.3, -0.25) is 0 Å². The molecule has 1 aromatic carbocycles. The van der Waals surface area contributed by atoms with Gasteiger partial charge in [0.2, 0.25) is 0 Å². The highest BCUT2D eigenvalue weighted by Gasteiger charge is 2.05. The van der Waals surface area contributed by atoms with E-state index in [1.54, 1.807) is 0 Å². The second kappa shape index (κ2) is 7.11. The summed E-state index contributed by atoms with van der Waals surface area (Å²) in [4.78, 5) is 1.98. The van der Waals surface area contributed by atoms with E-state index in [1.165, 1.54) is 11.1 Å². The van der Waals surface area contributed by atoms with E-state index in [2.05, 4.69) is 40.3 Å². The van der Waals surface area contributed by atoms with Crippen molar-refractivity contribution >= 4 is 15.9 Å². The summed E-state index contributed by atoms with van der Waals surface area (Å²) in [6.07, 6.45) is -0.319. The summed E-state index contributed by atoms with van der Waals surface area (Å²) < 4.78 is 1.10. The number of nitrogens with one attached hydrogen (secondary N) is 1. The summed E-state index contributed by atoms with van der Waals surface area (Å²) in [5.41, 5.74) is 2.53. The van der Waals surface area contributed by atoms with Crippen molar-refractivity contribution in [1.29, 1.82) is 0 Å². The molecule has 0 spiro atoms. The van der Waals surface area contributed by atoms with Gasteiger partial charge in [0.15, 0.2) is 0 Å². The van der Waals surface area contributed by atoms with Crippen molar-refractivity contribution in [3.05, 3.63) is 33.8 Å². The van der Waals surface area contributed by atoms with Crippen molar-refractivity contribution in [1.82, 2.24) is 10.2 Å². The smallest absolute Gasteiger partial charge is 0.0791 e. The Bertz CT molecular complexity index is 355. The third kappa shape index (κ3) is 5.64. The minimum atomic E-state index is -0.319. The molecule has 0 saturated carbocycles. The van der Waals surface area contributed by atoms with Gasteiger partial charge in [-0.2, -0.15) is 0 Å². The summed E-state index contributed by atoms with van der Waals surface area (Å²) in [6, 6.07) is 6.25. The number of halogens is 1. The van der Waals surface area contributed by atoms with Crippen LogP contribution in [0, 0.1) is 6.92 Å². The van der Waals surface area contributed by atoms with Gasteiger partial charge >= 0.3 is 0 Å². The molecule has 0 aliphatic rings. The van der Waals surface area contributed by atoms with E-state index < -0.39 is 0 Å². The molecule has 0 amide bonds. The van der Waals surface area contributed by atoms with Gasteiger partial charge in [0, 0.05) is 24.1 Å². The van der Waals surface area contributed by atoms with Gasteiger partial charge in [-0.1, -0.05) is 22.0 Å². The minimum absolute atomic E-state index is 0.319. The average Bonchev–Trinajstić information content (AvgIpc) is 2.20. The maximum Gasteiger partial charge on any atom is 0.0791 e. The molecule has 1 unspecified atom stereocenters. The predicted octanol–water partition coefficient (Wildman–Crippen LogP) is 1.77. The molecule has 96 valence electrons. The van der Waals surface area contributed by atoms with Crippen LogP contribution in [0.2, 0.25) is 0 Å². The molecule has 0 heterocycles. The molecule has 0 aliphatic heterocycles. The minimum Gasteiger partial charge on any atom is -0.390 e. The largest absolute Gasteiger partial charge is 0.390 e. The Morgan fingerprint density at radius 2 is 2.12 bits per heavy atom. The van der Waals surface area contributed by atoms with E-state index in [1.807, 2.05) is 25.1 Å². The third-order valence-electron chi connectivity index (χ3n) is 2.58. The second-order valence-electron chi connectivity index (χ2n) is 4.62. The summed E-state index contributed by atoms with van der Waals surface area (Å²) >= 11 is 3.45. The Morgan fingerprint density at radius 1 is 1.41 bits per heavy atom. The fourth-order valence-corrected chi connectivity index (χ4v) is 2.19. The molecular weight excluding hydrogens is 280 g/mol. The SMILES string of the molecule is Cc1cc(Br)ccc1CNCC(O)CN(C)C. The highest BCUT2D eigenvalue weighted by Crippen LogP contribution is 2.15. The van der Waals surface area contributed by atoms with E-state index in [-0.39, 0.29) is 6.10 Å². The Kier molecular flexibility index (Phi) is 6.12. The van der Waals surface area contributed by atoms with E-state index in [9.17, 15) is 5.11 Å². The van der Waals surface area contributed by atoms with Crippen LogP contribution in [0.5, 0.6) is 0 Å². The van der Waals surface area contributed by atoms with Crippen molar-refractivity contribution in [2.75, 3.05) is 27.2 Å². The zero-order valence-electron chi connectivity index (χ0n) is 10.7. The highest BCUT2D eigenvalue weighted by atomic mass is 79.9. The van der Waals surface area contributed by atoms with Gasteiger partial charge in [-0.15, -0.1) is 0 Å². The molecule has 17 heavy (non-hydrogen) atoms. The monoisotopic (exact) mass is 300 g/mol. The molecule has 2 N–H and O–H groups in total. The second-order valence-corrected chi connectivity index (χ2v) is 5.53. The van der Waals surface area contributed by atoms with Gasteiger partial charge in [-0.25, -0.2) is 0 Å². The normalized spacial score (nSPS) is 13.1. The molecule has 0 fully saturated rings. The predicted molar refractivity (Wildman–Crippen MR) is 75.1 cm³/mol. The molecule has 0 aromatic heterocycles. The van der Waals surface area contributed by atoms with Crippen LogP contribution in [-0.2, 0) is 6.54 Å². The molecule has 0 saturated heterocycles. The van der Waals surface area contributed by atoms with Crippen LogP contribution in [0.4, 0.5) is 0 Å². The number of hydrogen-bond acceptors (Lipinski definition) is 3. The first kappa shape index (κ1) is 14.6. The van der Waals surface area contributed by atoms with Crippen molar-refractivity contribution in [3.63, 3.8) is 0 Å². The molecule has 3 nitrogen and oxygen atoms in total. The lowest BCUT2D eigenvalue weighted by atomic mass is 10.1. The van der Waals surface area contributed by atoms with Gasteiger partial charge in [0.1, 0.15) is 0 Å². The molecule has 4 heteroatoms. The summed E-state index contributed by atoms with van der Waals surface area (Å²) in [6.45, 7) is 4.20. The van der Waals surface area contributed by atoms with Gasteiger partial charge in [0.25, 0.3) is 0 Å². The topological polar surface area (TPSA) is 35.5 Å². The number of aryl methyl sites for hydroxylation is 1. The molecule has 1 rings (SSSR count). The van der Waals surface area contributed by atoms with Gasteiger partial charge in [-0.05, 0) is 44.3 Å². The first-order valence-corrected chi connectivity index (χ1v) is 6.57. The van der Waals surface area contributed by atoms with Crippen molar-refractivity contribution in [2.45, 2.75) is 19.6 Å². The van der Waals surface area contributed by atoms with Gasteiger partial charge < -0.3 is 15.3 Å². The Morgan fingerprint density at radius 3 is 2.71 bits per heavy atom. The van der Waals surface area contributed by atoms with Crippen LogP contribution in [0.25, 0.3) is 0 Å². The molecule has 1 aromatic rings. The Labute approximate surface area is 112 Å². The summed E-state index contributed by atoms with van der Waals surface area (Å²) in [5.74, 6) is 0. The maximum absolute atomic E-state index is 9.70. The number of benzene rings is 1. The summed E-state index contributed by atoms with van der Waals surface area (Å²) in [5, 5.41) is 13.0. The average molecular weight is 301 g/mol. The maximum atomic E-state index is 9.70. The van der Waals surface area contributed by atoms with Crippen LogP contribution >= 0.6 is 15.9 Å². The van der Waals surface area contributed by atoms with E-state index in [4.69, 9.17) is 0 Å². The van der Waals surface area contributed by atoms with Crippen molar-refractivity contribution < 1.29 is 5.11 Å². The van der Waals surface area contributed by atoms with E-state index in [0.717, 1.165) is 11.0 Å². The first-order valence-electron chi connectivity index (χ1n) is 5.77. The van der Waals surface area contributed by atoms with Crippen molar-refractivity contribution in [2.24, 2.45) is 0 Å². The lowest BCUT2D eigenvalue weighted by molar-refractivity contribution is 0.134. The zero-order chi connectivity index (χ0) is 12.8. The Hall–Kier alpha value is -0.420. The first-order chi connectivity index (χ1) is 7.99. The lowest BCUT2D eigenvalue weighted by Crippen LogP contribution is -2.34. The summed E-state index contributed by atoms with van der Waals surface area (Å²) in [7, 11) is 3.92. The fourth-order valence-electron chi connectivity index (χ4n) is 1.72. The fraction of sp³-hybridized carbons (Fsp3) is 0.538. The zero-order valence-corrected chi connectivity index (χ0v) is 12.3. The molecule has 1 atom stereocenters. The molecular formula is C13H21BrN2O. The number of aliphatic hydroxyl groups excluding tert-OH is 1. The number of nitrogens with zero attached hydrogens (tertiary/aromatic N) is 1. The van der Waals surface area contributed by atoms with E-state index in [0.29, 0.717) is 13.1 Å². The van der Waals surface area contributed by atoms with Gasteiger partial charge in [0.05, 0.1) is 6.10 Å². The van der Waals surface area contributed by atoms with Crippen LogP contribution in [0.3, 0.4) is 0 Å². The van der Waals surface area contributed by atoms with Crippen LogP contribution in [0.1, 0.15) is 11.1 Å². The number of likely N-dealkylation sites (N-methyl/N-ethyl adjacent to an activating group) is 1. The van der Waals surface area contributed by atoms with Crippen LogP contribution < -0.4 is 5.32 Å². The molecule has 0 bridgehead atoms. The molecule has 0 radical (unpaired) electrons. The number of aliphatic hydroxyl groups is 1. The Balaban J connectivity index is 2.35. The third-order valence-corrected chi connectivity index (χ3v) is 3.07. The number of rotatable bonds is 6. The number of hydrogen-bond donors (Lipinski definition) is 2. The molecule has 0 aliphatic carbocycles. The van der Waals surface area contributed by atoms with Crippen molar-refractivity contribution in [3.8, 4) is 0 Å². The highest BCUT2D eigenvalue weighted by molar-refractivity contribution is 9.10.